The van der Waals surface area contributed by atoms with Gasteiger partial charge < -0.3 is 20.1 Å². The fourth-order valence-corrected chi connectivity index (χ4v) is 2.77. The van der Waals surface area contributed by atoms with Crippen molar-refractivity contribution in [1.82, 2.24) is 10.6 Å². The molecule has 0 spiro atoms. The Morgan fingerprint density at radius 3 is 2.67 bits per heavy atom. The molecule has 2 amide bonds. The van der Waals surface area contributed by atoms with E-state index in [-0.39, 0.29) is 18.1 Å². The Morgan fingerprint density at radius 1 is 1.14 bits per heavy atom. The maximum Gasteiger partial charge on any atom is 0.315 e. The predicted molar refractivity (Wildman–Crippen MR) is 78.0 cm³/mol. The minimum Gasteiger partial charge on any atom is -0.460 e. The molecule has 0 aromatic heterocycles. The first-order valence-electron chi connectivity index (χ1n) is 8.05. The first kappa shape index (κ1) is 16.1. The van der Waals surface area contributed by atoms with E-state index in [0.717, 1.165) is 19.3 Å². The zero-order chi connectivity index (χ0) is 14.9. The Bertz CT molecular complexity index is 337. The third-order valence-corrected chi connectivity index (χ3v) is 3.97. The minimum atomic E-state index is -0.208. The molecule has 6 nitrogen and oxygen atoms in total. The monoisotopic (exact) mass is 298 g/mol. The van der Waals surface area contributed by atoms with Crippen LogP contribution in [0.3, 0.4) is 0 Å². The van der Waals surface area contributed by atoms with Crippen LogP contribution in [0.4, 0.5) is 4.79 Å². The van der Waals surface area contributed by atoms with Gasteiger partial charge in [0.1, 0.15) is 6.10 Å². The van der Waals surface area contributed by atoms with E-state index in [1.165, 1.54) is 19.3 Å². The molecule has 0 aromatic rings. The third kappa shape index (κ3) is 6.33. The standard InChI is InChI=1S/C15H26N2O4/c18-14(21-13-8-10-20-11-13)7-4-9-16-15(19)17-12-5-2-1-3-6-12/h12-13H,1-11H2,(H2,16,17,19)/t13-/m1/s1. The highest BCUT2D eigenvalue weighted by Crippen LogP contribution is 2.17. The van der Waals surface area contributed by atoms with Crippen molar-refractivity contribution in [2.45, 2.75) is 63.5 Å². The number of rotatable bonds is 6. The first-order valence-corrected chi connectivity index (χ1v) is 8.05. The van der Waals surface area contributed by atoms with Gasteiger partial charge in [-0.15, -0.1) is 0 Å². The summed E-state index contributed by atoms with van der Waals surface area (Å²) in [6, 6.07) is 0.186. The molecule has 1 aliphatic carbocycles. The molecule has 1 aliphatic heterocycles. The van der Waals surface area contributed by atoms with Gasteiger partial charge in [-0.05, 0) is 19.3 Å². The summed E-state index contributed by atoms with van der Waals surface area (Å²) in [5.41, 5.74) is 0. The molecule has 2 fully saturated rings. The van der Waals surface area contributed by atoms with Gasteiger partial charge >= 0.3 is 12.0 Å². The highest BCUT2D eigenvalue weighted by atomic mass is 16.6. The molecule has 1 saturated heterocycles. The molecule has 2 rings (SSSR count). The molecule has 0 aromatic carbocycles. The van der Waals surface area contributed by atoms with E-state index in [2.05, 4.69) is 10.6 Å². The summed E-state index contributed by atoms with van der Waals surface area (Å²) in [4.78, 5) is 23.2. The summed E-state index contributed by atoms with van der Waals surface area (Å²) >= 11 is 0. The molecule has 21 heavy (non-hydrogen) atoms. The molecule has 2 N–H and O–H groups in total. The molecule has 120 valence electrons. The van der Waals surface area contributed by atoms with Gasteiger partial charge in [-0.3, -0.25) is 4.79 Å². The van der Waals surface area contributed by atoms with Crippen LogP contribution in [0.15, 0.2) is 0 Å². The first-order chi connectivity index (χ1) is 10.2. The Balaban J connectivity index is 1.48. The van der Waals surface area contributed by atoms with Crippen LogP contribution in [0.2, 0.25) is 0 Å². The van der Waals surface area contributed by atoms with Crippen molar-refractivity contribution in [3.63, 3.8) is 0 Å². The molecule has 6 heteroatoms. The van der Waals surface area contributed by atoms with Crippen molar-refractivity contribution in [2.24, 2.45) is 0 Å². The van der Waals surface area contributed by atoms with Gasteiger partial charge in [0.05, 0.1) is 13.2 Å². The van der Waals surface area contributed by atoms with Gasteiger partial charge in [-0.1, -0.05) is 19.3 Å². The van der Waals surface area contributed by atoms with E-state index < -0.39 is 0 Å². The number of urea groups is 1. The number of hydrogen-bond donors (Lipinski definition) is 2. The van der Waals surface area contributed by atoms with Crippen LogP contribution in [0.25, 0.3) is 0 Å². The smallest absolute Gasteiger partial charge is 0.315 e. The molecule has 2 aliphatic rings. The minimum absolute atomic E-state index is 0.0833. The molecule has 0 unspecified atom stereocenters. The number of hydrogen-bond acceptors (Lipinski definition) is 4. The topological polar surface area (TPSA) is 76.7 Å². The Hall–Kier alpha value is -1.30. The summed E-state index contributed by atoms with van der Waals surface area (Å²) in [7, 11) is 0. The summed E-state index contributed by atoms with van der Waals surface area (Å²) in [6.07, 6.45) is 7.45. The lowest BCUT2D eigenvalue weighted by atomic mass is 9.96. The van der Waals surface area contributed by atoms with E-state index in [4.69, 9.17) is 9.47 Å². The Kier molecular flexibility index (Phi) is 6.79. The average molecular weight is 298 g/mol. The van der Waals surface area contributed by atoms with Gasteiger partial charge in [0.15, 0.2) is 0 Å². The largest absolute Gasteiger partial charge is 0.460 e. The van der Waals surface area contributed by atoms with Crippen LogP contribution in [-0.2, 0) is 14.3 Å². The highest BCUT2D eigenvalue weighted by molar-refractivity contribution is 5.74. The zero-order valence-electron chi connectivity index (χ0n) is 12.6. The van der Waals surface area contributed by atoms with Crippen molar-refractivity contribution in [2.75, 3.05) is 19.8 Å². The fraction of sp³-hybridized carbons (Fsp3) is 0.867. The van der Waals surface area contributed by atoms with E-state index >= 15 is 0 Å². The quantitative estimate of drug-likeness (QED) is 0.578. The van der Waals surface area contributed by atoms with Crippen LogP contribution in [0.1, 0.15) is 51.4 Å². The second kappa shape index (κ2) is 8.87. The zero-order valence-corrected chi connectivity index (χ0v) is 12.6. The lowest BCUT2D eigenvalue weighted by Crippen LogP contribution is -2.43. The van der Waals surface area contributed by atoms with Gasteiger partial charge in [-0.2, -0.15) is 0 Å². The van der Waals surface area contributed by atoms with Crippen molar-refractivity contribution >= 4 is 12.0 Å². The van der Waals surface area contributed by atoms with Crippen LogP contribution in [0.5, 0.6) is 0 Å². The summed E-state index contributed by atoms with van der Waals surface area (Å²) in [5.74, 6) is -0.208. The number of carbonyl (C=O) groups excluding carboxylic acids is 2. The molecule has 0 radical (unpaired) electrons. The van der Waals surface area contributed by atoms with E-state index in [0.29, 0.717) is 38.6 Å². The maximum atomic E-state index is 11.7. The Labute approximate surface area is 125 Å². The van der Waals surface area contributed by atoms with Crippen LogP contribution in [0, 0.1) is 0 Å². The van der Waals surface area contributed by atoms with Crippen molar-refractivity contribution in [3.05, 3.63) is 0 Å². The third-order valence-electron chi connectivity index (χ3n) is 3.97. The number of amides is 2. The molecule has 1 atom stereocenters. The normalized spacial score (nSPS) is 22.8. The average Bonchev–Trinajstić information content (AvgIpc) is 2.97. The lowest BCUT2D eigenvalue weighted by Gasteiger charge is -2.22. The van der Waals surface area contributed by atoms with Crippen molar-refractivity contribution < 1.29 is 19.1 Å². The fourth-order valence-electron chi connectivity index (χ4n) is 2.77. The Morgan fingerprint density at radius 2 is 1.95 bits per heavy atom. The number of ether oxygens (including phenoxy) is 2. The van der Waals surface area contributed by atoms with Gasteiger partial charge in [0.2, 0.25) is 0 Å². The van der Waals surface area contributed by atoms with Gasteiger partial charge in [-0.25, -0.2) is 4.79 Å². The second-order valence-electron chi connectivity index (χ2n) is 5.81. The molecular formula is C15H26N2O4. The number of esters is 1. The molecular weight excluding hydrogens is 272 g/mol. The summed E-state index contributed by atoms with van der Waals surface area (Å²) in [6.45, 7) is 1.67. The lowest BCUT2D eigenvalue weighted by molar-refractivity contribution is -0.149. The molecule has 1 saturated carbocycles. The summed E-state index contributed by atoms with van der Waals surface area (Å²) in [5, 5.41) is 5.78. The number of carbonyl (C=O) groups is 2. The SMILES string of the molecule is O=C(NCCCC(=O)O[C@@H]1CCOC1)NC1CCCCC1. The van der Waals surface area contributed by atoms with Crippen molar-refractivity contribution in [1.29, 1.82) is 0 Å². The molecule has 1 heterocycles. The van der Waals surface area contributed by atoms with Crippen LogP contribution >= 0.6 is 0 Å². The van der Waals surface area contributed by atoms with Crippen molar-refractivity contribution in [3.8, 4) is 0 Å². The summed E-state index contributed by atoms with van der Waals surface area (Å²) < 4.78 is 10.4. The van der Waals surface area contributed by atoms with Crippen LogP contribution < -0.4 is 10.6 Å². The maximum absolute atomic E-state index is 11.7. The van der Waals surface area contributed by atoms with Gasteiger partial charge in [0, 0.05) is 25.4 Å². The van der Waals surface area contributed by atoms with E-state index in [9.17, 15) is 9.59 Å². The van der Waals surface area contributed by atoms with E-state index in [1.807, 2.05) is 0 Å². The van der Waals surface area contributed by atoms with Crippen LogP contribution in [-0.4, -0.2) is 43.9 Å². The van der Waals surface area contributed by atoms with Gasteiger partial charge in [0.25, 0.3) is 0 Å². The highest BCUT2D eigenvalue weighted by Gasteiger charge is 2.19. The van der Waals surface area contributed by atoms with E-state index in [1.54, 1.807) is 0 Å². The second-order valence-corrected chi connectivity index (χ2v) is 5.81. The molecule has 0 bridgehead atoms. The predicted octanol–water partition coefficient (Wildman–Crippen LogP) is 1.73. The number of nitrogens with one attached hydrogen (secondary N) is 2.